The number of ether oxygens (including phenoxy) is 1. The van der Waals surface area contributed by atoms with Crippen LogP contribution in [0, 0.1) is 0 Å². The van der Waals surface area contributed by atoms with Crippen molar-refractivity contribution in [1.82, 2.24) is 4.90 Å². The van der Waals surface area contributed by atoms with Crippen LogP contribution in [0.2, 0.25) is 0 Å². The van der Waals surface area contributed by atoms with Gasteiger partial charge in [0.15, 0.2) is 0 Å². The first-order chi connectivity index (χ1) is 7.40. The predicted molar refractivity (Wildman–Crippen MR) is 61.9 cm³/mol. The summed E-state index contributed by atoms with van der Waals surface area (Å²) in [7, 11) is 0. The number of hydrogen-bond donors (Lipinski definition) is 1. The van der Waals surface area contributed by atoms with E-state index >= 15 is 0 Å². The maximum Gasteiger partial charge on any atom is 0.0702 e. The van der Waals surface area contributed by atoms with Crippen LogP contribution < -0.4 is 5.73 Å². The first-order valence-electron chi connectivity index (χ1n) is 6.46. The molecular formula is C12H24N2O. The van der Waals surface area contributed by atoms with Crippen molar-refractivity contribution in [2.45, 2.75) is 50.7 Å². The van der Waals surface area contributed by atoms with Gasteiger partial charge in [0, 0.05) is 32.3 Å². The summed E-state index contributed by atoms with van der Waals surface area (Å²) in [5.74, 6) is 0. The molecule has 15 heavy (non-hydrogen) atoms. The van der Waals surface area contributed by atoms with Crippen LogP contribution in [-0.2, 0) is 4.74 Å². The molecule has 2 rings (SSSR count). The molecule has 2 fully saturated rings. The molecule has 0 amide bonds. The molecule has 0 aromatic heterocycles. The van der Waals surface area contributed by atoms with Crippen molar-refractivity contribution in [1.29, 1.82) is 0 Å². The lowest BCUT2D eigenvalue weighted by Crippen LogP contribution is -2.41. The Balaban J connectivity index is 1.81. The van der Waals surface area contributed by atoms with E-state index in [4.69, 9.17) is 10.5 Å². The van der Waals surface area contributed by atoms with E-state index in [0.717, 1.165) is 32.3 Å². The zero-order valence-electron chi connectivity index (χ0n) is 9.66. The Hall–Kier alpha value is -0.120. The SMILES string of the molecule is NCCN(CC1CCCO1)C1CCCC1. The average Bonchev–Trinajstić information content (AvgIpc) is 2.89. The molecule has 2 aliphatic rings. The Morgan fingerprint density at radius 3 is 2.53 bits per heavy atom. The summed E-state index contributed by atoms with van der Waals surface area (Å²) in [5, 5.41) is 0. The summed E-state index contributed by atoms with van der Waals surface area (Å²) in [6.07, 6.45) is 8.50. The van der Waals surface area contributed by atoms with Crippen molar-refractivity contribution in [2.24, 2.45) is 5.73 Å². The van der Waals surface area contributed by atoms with Crippen molar-refractivity contribution >= 4 is 0 Å². The highest BCUT2D eigenvalue weighted by molar-refractivity contribution is 4.80. The highest BCUT2D eigenvalue weighted by Gasteiger charge is 2.26. The van der Waals surface area contributed by atoms with Crippen LogP contribution in [0.3, 0.4) is 0 Å². The number of rotatable bonds is 5. The van der Waals surface area contributed by atoms with E-state index in [2.05, 4.69) is 4.90 Å². The normalized spacial score (nSPS) is 28.0. The molecule has 1 heterocycles. The summed E-state index contributed by atoms with van der Waals surface area (Å²) >= 11 is 0. The summed E-state index contributed by atoms with van der Waals surface area (Å²) in [4.78, 5) is 2.57. The predicted octanol–water partition coefficient (Wildman–Crippen LogP) is 1.37. The van der Waals surface area contributed by atoms with Gasteiger partial charge >= 0.3 is 0 Å². The maximum absolute atomic E-state index is 5.71. The molecule has 2 N–H and O–H groups in total. The van der Waals surface area contributed by atoms with Gasteiger partial charge in [-0.25, -0.2) is 0 Å². The fourth-order valence-corrected chi connectivity index (χ4v) is 2.91. The molecular weight excluding hydrogens is 188 g/mol. The highest BCUT2D eigenvalue weighted by Crippen LogP contribution is 2.24. The maximum atomic E-state index is 5.71. The molecule has 1 unspecified atom stereocenters. The van der Waals surface area contributed by atoms with Crippen LogP contribution in [0.1, 0.15) is 38.5 Å². The minimum atomic E-state index is 0.483. The lowest BCUT2D eigenvalue weighted by atomic mass is 10.1. The average molecular weight is 212 g/mol. The number of nitrogens with two attached hydrogens (primary N) is 1. The summed E-state index contributed by atoms with van der Waals surface area (Å²) in [6, 6.07) is 0.790. The highest BCUT2D eigenvalue weighted by atomic mass is 16.5. The quantitative estimate of drug-likeness (QED) is 0.748. The van der Waals surface area contributed by atoms with Gasteiger partial charge in [0.25, 0.3) is 0 Å². The zero-order chi connectivity index (χ0) is 10.5. The van der Waals surface area contributed by atoms with E-state index < -0.39 is 0 Å². The third-order valence-corrected chi connectivity index (χ3v) is 3.72. The van der Waals surface area contributed by atoms with Crippen LogP contribution in [-0.4, -0.2) is 43.3 Å². The lowest BCUT2D eigenvalue weighted by molar-refractivity contribution is 0.0590. The number of hydrogen-bond acceptors (Lipinski definition) is 3. The van der Waals surface area contributed by atoms with Crippen molar-refractivity contribution in [3.63, 3.8) is 0 Å². The fourth-order valence-electron chi connectivity index (χ4n) is 2.91. The fraction of sp³-hybridized carbons (Fsp3) is 1.00. The molecule has 0 aromatic rings. The van der Waals surface area contributed by atoms with Gasteiger partial charge in [-0.05, 0) is 25.7 Å². The van der Waals surface area contributed by atoms with Gasteiger partial charge in [0.2, 0.25) is 0 Å². The largest absolute Gasteiger partial charge is 0.377 e. The van der Waals surface area contributed by atoms with Crippen LogP contribution in [0.15, 0.2) is 0 Å². The molecule has 3 nitrogen and oxygen atoms in total. The van der Waals surface area contributed by atoms with E-state index in [0.29, 0.717) is 6.10 Å². The Labute approximate surface area is 93.0 Å². The van der Waals surface area contributed by atoms with Gasteiger partial charge in [-0.1, -0.05) is 12.8 Å². The molecule has 0 aromatic carbocycles. The van der Waals surface area contributed by atoms with Crippen LogP contribution >= 0.6 is 0 Å². The Kier molecular flexibility index (Phi) is 4.42. The first kappa shape index (κ1) is 11.4. The minimum absolute atomic E-state index is 0.483. The zero-order valence-corrected chi connectivity index (χ0v) is 9.66. The summed E-state index contributed by atoms with van der Waals surface area (Å²) < 4.78 is 5.71. The topological polar surface area (TPSA) is 38.5 Å². The van der Waals surface area contributed by atoms with Gasteiger partial charge in [-0.2, -0.15) is 0 Å². The molecule has 1 atom stereocenters. The molecule has 0 spiro atoms. The van der Waals surface area contributed by atoms with Crippen molar-refractivity contribution < 1.29 is 4.74 Å². The van der Waals surface area contributed by atoms with Gasteiger partial charge in [0.05, 0.1) is 6.10 Å². The Morgan fingerprint density at radius 2 is 1.93 bits per heavy atom. The van der Waals surface area contributed by atoms with Crippen molar-refractivity contribution in [2.75, 3.05) is 26.2 Å². The van der Waals surface area contributed by atoms with Gasteiger partial charge < -0.3 is 10.5 Å². The monoisotopic (exact) mass is 212 g/mol. The lowest BCUT2D eigenvalue weighted by Gasteiger charge is -2.30. The van der Waals surface area contributed by atoms with Crippen LogP contribution in [0.5, 0.6) is 0 Å². The molecule has 88 valence electrons. The molecule has 1 saturated carbocycles. The van der Waals surface area contributed by atoms with E-state index in [9.17, 15) is 0 Å². The second-order valence-corrected chi connectivity index (χ2v) is 4.86. The second-order valence-electron chi connectivity index (χ2n) is 4.86. The molecule has 0 radical (unpaired) electrons. The molecule has 3 heteroatoms. The molecule has 1 saturated heterocycles. The van der Waals surface area contributed by atoms with Crippen molar-refractivity contribution in [3.05, 3.63) is 0 Å². The Morgan fingerprint density at radius 1 is 1.13 bits per heavy atom. The summed E-state index contributed by atoms with van der Waals surface area (Å²) in [6.45, 7) is 3.90. The van der Waals surface area contributed by atoms with E-state index in [-0.39, 0.29) is 0 Å². The number of nitrogens with zero attached hydrogens (tertiary/aromatic N) is 1. The molecule has 1 aliphatic carbocycles. The first-order valence-corrected chi connectivity index (χ1v) is 6.46. The van der Waals surface area contributed by atoms with E-state index in [1.165, 1.54) is 38.5 Å². The minimum Gasteiger partial charge on any atom is -0.377 e. The van der Waals surface area contributed by atoms with Crippen LogP contribution in [0.25, 0.3) is 0 Å². The smallest absolute Gasteiger partial charge is 0.0702 e. The molecule has 0 bridgehead atoms. The van der Waals surface area contributed by atoms with Gasteiger partial charge in [-0.3, -0.25) is 4.90 Å². The van der Waals surface area contributed by atoms with Gasteiger partial charge in [0.1, 0.15) is 0 Å². The molecule has 1 aliphatic heterocycles. The second kappa shape index (κ2) is 5.83. The standard InChI is InChI=1S/C12H24N2O/c13-7-8-14(11-4-1-2-5-11)10-12-6-3-9-15-12/h11-12H,1-10,13H2. The van der Waals surface area contributed by atoms with E-state index in [1.54, 1.807) is 0 Å². The van der Waals surface area contributed by atoms with E-state index in [1.807, 2.05) is 0 Å². The Bertz CT molecular complexity index is 174. The van der Waals surface area contributed by atoms with Gasteiger partial charge in [-0.15, -0.1) is 0 Å². The summed E-state index contributed by atoms with van der Waals surface area (Å²) in [5.41, 5.74) is 5.69. The van der Waals surface area contributed by atoms with Crippen molar-refractivity contribution in [3.8, 4) is 0 Å². The third-order valence-electron chi connectivity index (χ3n) is 3.72. The third kappa shape index (κ3) is 3.16. The van der Waals surface area contributed by atoms with Crippen LogP contribution in [0.4, 0.5) is 0 Å².